The highest BCUT2D eigenvalue weighted by Crippen LogP contribution is 2.46. The molecule has 2 heterocycles. The van der Waals surface area contributed by atoms with Crippen LogP contribution in [0.3, 0.4) is 0 Å². The number of carboxylic acid groups (broad SMARTS) is 1. The van der Waals surface area contributed by atoms with Gasteiger partial charge in [0.15, 0.2) is 0 Å². The molecule has 0 aromatic rings. The Morgan fingerprint density at radius 3 is 2.69 bits per heavy atom. The molecule has 2 atom stereocenters. The molecule has 0 spiro atoms. The van der Waals surface area contributed by atoms with Gasteiger partial charge in [-0.2, -0.15) is 0 Å². The van der Waals surface area contributed by atoms with Gasteiger partial charge in [-0.05, 0) is 32.4 Å². The SMILES string of the molecule is CC(C(=O)O)C1(C2CCCN(C)C2)COC1. The summed E-state index contributed by atoms with van der Waals surface area (Å²) in [5.74, 6) is -0.500. The van der Waals surface area contributed by atoms with E-state index in [4.69, 9.17) is 4.74 Å². The minimum atomic E-state index is -0.684. The second kappa shape index (κ2) is 4.34. The fourth-order valence-electron chi connectivity index (χ4n) is 3.06. The van der Waals surface area contributed by atoms with Gasteiger partial charge in [0.05, 0.1) is 19.1 Å². The van der Waals surface area contributed by atoms with Crippen molar-refractivity contribution in [1.29, 1.82) is 0 Å². The van der Waals surface area contributed by atoms with Crippen molar-refractivity contribution in [3.05, 3.63) is 0 Å². The number of rotatable bonds is 3. The van der Waals surface area contributed by atoms with Crippen LogP contribution in [0.1, 0.15) is 19.8 Å². The van der Waals surface area contributed by atoms with Crippen molar-refractivity contribution in [3.63, 3.8) is 0 Å². The van der Waals surface area contributed by atoms with Crippen LogP contribution in [0.25, 0.3) is 0 Å². The molecule has 0 saturated carbocycles. The minimum Gasteiger partial charge on any atom is -0.481 e. The van der Waals surface area contributed by atoms with Gasteiger partial charge >= 0.3 is 5.97 Å². The lowest BCUT2D eigenvalue weighted by molar-refractivity contribution is -0.196. The summed E-state index contributed by atoms with van der Waals surface area (Å²) in [5.41, 5.74) is -0.111. The van der Waals surface area contributed by atoms with Gasteiger partial charge < -0.3 is 14.7 Å². The van der Waals surface area contributed by atoms with Crippen LogP contribution >= 0.6 is 0 Å². The third kappa shape index (κ3) is 1.84. The van der Waals surface area contributed by atoms with E-state index in [-0.39, 0.29) is 11.3 Å². The zero-order chi connectivity index (χ0) is 11.8. The summed E-state index contributed by atoms with van der Waals surface area (Å²) >= 11 is 0. The van der Waals surface area contributed by atoms with Crippen molar-refractivity contribution in [2.45, 2.75) is 19.8 Å². The monoisotopic (exact) mass is 227 g/mol. The van der Waals surface area contributed by atoms with Gasteiger partial charge in [0, 0.05) is 12.0 Å². The van der Waals surface area contributed by atoms with Crippen molar-refractivity contribution in [3.8, 4) is 0 Å². The third-order valence-corrected chi connectivity index (χ3v) is 4.41. The summed E-state index contributed by atoms with van der Waals surface area (Å²) in [6.07, 6.45) is 2.32. The highest BCUT2D eigenvalue weighted by Gasteiger charge is 2.52. The Hall–Kier alpha value is -0.610. The molecule has 92 valence electrons. The van der Waals surface area contributed by atoms with E-state index in [9.17, 15) is 9.90 Å². The summed E-state index contributed by atoms with van der Waals surface area (Å²) in [6.45, 7) is 5.23. The maximum atomic E-state index is 11.2. The van der Waals surface area contributed by atoms with Gasteiger partial charge in [0.1, 0.15) is 0 Å². The molecule has 2 saturated heterocycles. The van der Waals surface area contributed by atoms with E-state index in [0.717, 1.165) is 19.5 Å². The number of ether oxygens (including phenoxy) is 1. The number of carboxylic acids is 1. The molecule has 2 aliphatic rings. The smallest absolute Gasteiger partial charge is 0.306 e. The highest BCUT2D eigenvalue weighted by atomic mass is 16.5. The number of likely N-dealkylation sites (tertiary alicyclic amines) is 1. The molecule has 2 rings (SSSR count). The van der Waals surface area contributed by atoms with Crippen molar-refractivity contribution in [2.75, 3.05) is 33.4 Å². The number of hydrogen-bond donors (Lipinski definition) is 1. The molecule has 0 aromatic heterocycles. The van der Waals surface area contributed by atoms with Crippen molar-refractivity contribution < 1.29 is 14.6 Å². The van der Waals surface area contributed by atoms with Gasteiger partial charge in [0.2, 0.25) is 0 Å². The predicted octanol–water partition coefficient (Wildman–Crippen LogP) is 1.07. The molecule has 16 heavy (non-hydrogen) atoms. The zero-order valence-electron chi connectivity index (χ0n) is 10.1. The second-order valence-electron chi connectivity index (χ2n) is 5.39. The lowest BCUT2D eigenvalue weighted by atomic mass is 9.63. The van der Waals surface area contributed by atoms with Gasteiger partial charge in [-0.1, -0.05) is 6.92 Å². The lowest BCUT2D eigenvalue weighted by Gasteiger charge is -2.52. The maximum Gasteiger partial charge on any atom is 0.306 e. The first-order chi connectivity index (χ1) is 7.56. The summed E-state index contributed by atoms with van der Waals surface area (Å²) in [6, 6.07) is 0. The fourth-order valence-corrected chi connectivity index (χ4v) is 3.06. The van der Waals surface area contributed by atoms with E-state index in [2.05, 4.69) is 11.9 Å². The van der Waals surface area contributed by atoms with Gasteiger partial charge in [-0.25, -0.2) is 0 Å². The Labute approximate surface area is 96.6 Å². The average molecular weight is 227 g/mol. The first kappa shape index (κ1) is 11.9. The topological polar surface area (TPSA) is 49.8 Å². The molecular weight excluding hydrogens is 206 g/mol. The van der Waals surface area contributed by atoms with Crippen LogP contribution < -0.4 is 0 Å². The van der Waals surface area contributed by atoms with Crippen LogP contribution in [-0.4, -0.2) is 49.3 Å². The normalized spacial score (nSPS) is 31.8. The Kier molecular flexibility index (Phi) is 3.22. The first-order valence-electron chi connectivity index (χ1n) is 6.05. The molecule has 2 unspecified atom stereocenters. The number of aliphatic carboxylic acids is 1. The van der Waals surface area contributed by atoms with Gasteiger partial charge in [-0.3, -0.25) is 4.79 Å². The van der Waals surface area contributed by atoms with E-state index in [0.29, 0.717) is 19.1 Å². The van der Waals surface area contributed by atoms with Crippen LogP contribution in [0.2, 0.25) is 0 Å². The van der Waals surface area contributed by atoms with E-state index >= 15 is 0 Å². The van der Waals surface area contributed by atoms with E-state index < -0.39 is 5.97 Å². The standard InChI is InChI=1S/C12H21NO3/c1-9(11(14)15)12(7-16-8-12)10-4-3-5-13(2)6-10/h9-10H,3-8H2,1-2H3,(H,14,15). The molecule has 4 heteroatoms. The summed E-state index contributed by atoms with van der Waals surface area (Å²) in [4.78, 5) is 13.5. The molecule has 0 radical (unpaired) electrons. The summed E-state index contributed by atoms with van der Waals surface area (Å²) in [7, 11) is 2.12. The van der Waals surface area contributed by atoms with Crippen molar-refractivity contribution >= 4 is 5.97 Å². The Morgan fingerprint density at radius 1 is 1.56 bits per heavy atom. The number of piperidine rings is 1. The van der Waals surface area contributed by atoms with Crippen LogP contribution in [0.15, 0.2) is 0 Å². The van der Waals surface area contributed by atoms with E-state index in [1.165, 1.54) is 6.42 Å². The van der Waals surface area contributed by atoms with Gasteiger partial charge in [-0.15, -0.1) is 0 Å². The van der Waals surface area contributed by atoms with Crippen molar-refractivity contribution in [2.24, 2.45) is 17.3 Å². The highest BCUT2D eigenvalue weighted by molar-refractivity contribution is 5.71. The number of hydrogen-bond acceptors (Lipinski definition) is 3. The van der Waals surface area contributed by atoms with Crippen LogP contribution in [0.5, 0.6) is 0 Å². The van der Waals surface area contributed by atoms with Crippen LogP contribution in [-0.2, 0) is 9.53 Å². The Balaban J connectivity index is 2.11. The average Bonchev–Trinajstić information content (AvgIpc) is 2.15. The van der Waals surface area contributed by atoms with Crippen LogP contribution in [0, 0.1) is 17.3 Å². The molecule has 0 amide bonds. The molecule has 0 bridgehead atoms. The summed E-state index contributed by atoms with van der Waals surface area (Å²) in [5, 5.41) is 9.21. The van der Waals surface area contributed by atoms with E-state index in [1.54, 1.807) is 0 Å². The molecule has 0 aromatic carbocycles. The third-order valence-electron chi connectivity index (χ3n) is 4.41. The lowest BCUT2D eigenvalue weighted by Crippen LogP contribution is -2.58. The predicted molar refractivity (Wildman–Crippen MR) is 60.3 cm³/mol. The molecule has 2 aliphatic heterocycles. The number of nitrogens with zero attached hydrogens (tertiary/aromatic N) is 1. The molecule has 0 aliphatic carbocycles. The Bertz CT molecular complexity index is 275. The molecular formula is C12H21NO3. The fraction of sp³-hybridized carbons (Fsp3) is 0.917. The number of carbonyl (C=O) groups is 1. The largest absolute Gasteiger partial charge is 0.481 e. The zero-order valence-corrected chi connectivity index (χ0v) is 10.1. The van der Waals surface area contributed by atoms with E-state index in [1.807, 2.05) is 6.92 Å². The first-order valence-corrected chi connectivity index (χ1v) is 6.05. The second-order valence-corrected chi connectivity index (χ2v) is 5.39. The summed E-state index contributed by atoms with van der Waals surface area (Å²) < 4.78 is 5.32. The van der Waals surface area contributed by atoms with Crippen LogP contribution in [0.4, 0.5) is 0 Å². The van der Waals surface area contributed by atoms with Crippen molar-refractivity contribution in [1.82, 2.24) is 4.90 Å². The molecule has 2 fully saturated rings. The minimum absolute atomic E-state index is 0.111. The molecule has 4 nitrogen and oxygen atoms in total. The Morgan fingerprint density at radius 2 is 2.25 bits per heavy atom. The quantitative estimate of drug-likeness (QED) is 0.783. The maximum absolute atomic E-state index is 11.2. The molecule has 1 N–H and O–H groups in total. The van der Waals surface area contributed by atoms with Gasteiger partial charge in [0.25, 0.3) is 0 Å².